The first-order valence-electron chi connectivity index (χ1n) is 4.95. The van der Waals surface area contributed by atoms with Crippen LogP contribution in [0.1, 0.15) is 5.82 Å². The summed E-state index contributed by atoms with van der Waals surface area (Å²) in [5.41, 5.74) is 3.19. The summed E-state index contributed by atoms with van der Waals surface area (Å²) in [7, 11) is 1.69. The summed E-state index contributed by atoms with van der Waals surface area (Å²) in [4.78, 5) is 8.28. The molecule has 0 saturated heterocycles. The van der Waals surface area contributed by atoms with E-state index >= 15 is 0 Å². The highest BCUT2D eigenvalue weighted by molar-refractivity contribution is 6.83. The van der Waals surface area contributed by atoms with Crippen LogP contribution in [-0.4, -0.2) is 32.3 Å². The maximum Gasteiger partial charge on any atom is 0.221 e. The molecule has 0 amide bonds. The molecule has 0 unspecified atom stereocenters. The Bertz CT molecular complexity index is 408. The van der Waals surface area contributed by atoms with Crippen LogP contribution in [-0.2, 0) is 0 Å². The van der Waals surface area contributed by atoms with E-state index in [9.17, 15) is 0 Å². The maximum absolute atomic E-state index is 5.04. The maximum atomic E-state index is 5.04. The Hall–Kier alpha value is -1.54. The minimum Gasteiger partial charge on any atom is -0.481 e. The quantitative estimate of drug-likeness (QED) is 0.579. The molecule has 0 aliphatic rings. The van der Waals surface area contributed by atoms with Crippen molar-refractivity contribution in [1.29, 1.82) is 0 Å². The molecule has 0 N–H and O–H groups in total. The van der Waals surface area contributed by atoms with Gasteiger partial charge in [0.15, 0.2) is 0 Å². The first kappa shape index (κ1) is 12.5. The molecule has 5 heteroatoms. The number of aromatic nitrogens is 2. The van der Waals surface area contributed by atoms with Crippen LogP contribution in [0.2, 0.25) is 19.6 Å². The Balaban J connectivity index is 3.07. The van der Waals surface area contributed by atoms with E-state index in [0.717, 1.165) is 0 Å². The van der Waals surface area contributed by atoms with Crippen molar-refractivity contribution < 1.29 is 9.47 Å². The molecular formula is C11H16N2O2Si. The lowest BCUT2D eigenvalue weighted by molar-refractivity contribution is 0.371. The summed E-state index contributed by atoms with van der Waals surface area (Å²) in [5.74, 6) is 4.34. The second kappa shape index (κ2) is 4.99. The number of hydrogen-bond donors (Lipinski definition) is 0. The largest absolute Gasteiger partial charge is 0.481 e. The van der Waals surface area contributed by atoms with E-state index in [-0.39, 0.29) is 0 Å². The van der Waals surface area contributed by atoms with Crippen LogP contribution in [0.4, 0.5) is 0 Å². The van der Waals surface area contributed by atoms with Crippen molar-refractivity contribution in [3.63, 3.8) is 0 Å². The van der Waals surface area contributed by atoms with Gasteiger partial charge in [-0.05, 0) is 5.92 Å². The van der Waals surface area contributed by atoms with Crippen LogP contribution < -0.4 is 9.47 Å². The van der Waals surface area contributed by atoms with Gasteiger partial charge in [0.05, 0.1) is 20.3 Å². The number of ether oxygens (including phenoxy) is 2. The van der Waals surface area contributed by atoms with Crippen LogP contribution in [0.15, 0.2) is 6.07 Å². The molecule has 0 aromatic carbocycles. The van der Waals surface area contributed by atoms with Crippen LogP contribution in [0.5, 0.6) is 11.8 Å². The third-order valence-electron chi connectivity index (χ3n) is 1.65. The minimum absolute atomic E-state index is 0.443. The van der Waals surface area contributed by atoms with E-state index in [4.69, 9.17) is 9.47 Å². The van der Waals surface area contributed by atoms with Crippen molar-refractivity contribution in [2.45, 2.75) is 19.6 Å². The Labute approximate surface area is 97.0 Å². The average molecular weight is 236 g/mol. The van der Waals surface area contributed by atoms with Gasteiger partial charge in [0.1, 0.15) is 8.07 Å². The van der Waals surface area contributed by atoms with Gasteiger partial charge in [-0.2, -0.15) is 9.97 Å². The molecule has 0 bridgehead atoms. The molecule has 1 aromatic heterocycles. The lowest BCUT2D eigenvalue weighted by Crippen LogP contribution is -2.16. The summed E-state index contributed by atoms with van der Waals surface area (Å²) in [6.07, 6.45) is 0. The van der Waals surface area contributed by atoms with Gasteiger partial charge in [-0.25, -0.2) is 0 Å². The van der Waals surface area contributed by atoms with Crippen LogP contribution in [0, 0.1) is 11.5 Å². The van der Waals surface area contributed by atoms with Crippen molar-refractivity contribution in [2.24, 2.45) is 0 Å². The predicted octanol–water partition coefficient (Wildman–Crippen LogP) is 1.72. The summed E-state index contributed by atoms with van der Waals surface area (Å²) < 4.78 is 10.1. The zero-order chi connectivity index (χ0) is 12.2. The van der Waals surface area contributed by atoms with Gasteiger partial charge < -0.3 is 9.47 Å². The van der Waals surface area contributed by atoms with Crippen LogP contribution >= 0.6 is 0 Å². The fraction of sp³-hybridized carbons (Fsp3) is 0.455. The van der Waals surface area contributed by atoms with E-state index in [1.54, 1.807) is 20.3 Å². The molecule has 4 nitrogen and oxygen atoms in total. The monoisotopic (exact) mass is 236 g/mol. The van der Waals surface area contributed by atoms with E-state index in [2.05, 4.69) is 41.1 Å². The highest BCUT2D eigenvalue weighted by atomic mass is 28.3. The molecule has 1 heterocycles. The number of nitrogens with zero attached hydrogens (tertiary/aromatic N) is 2. The second-order valence-corrected chi connectivity index (χ2v) is 9.03. The first-order chi connectivity index (χ1) is 7.44. The molecule has 0 saturated carbocycles. The first-order valence-corrected chi connectivity index (χ1v) is 8.45. The van der Waals surface area contributed by atoms with Gasteiger partial charge in [-0.15, -0.1) is 5.54 Å². The van der Waals surface area contributed by atoms with Gasteiger partial charge in [0, 0.05) is 0 Å². The minimum atomic E-state index is -1.42. The SMILES string of the molecule is COc1cc(OC)nc(C#C[Si](C)(C)C)n1. The Morgan fingerprint density at radius 1 is 1.06 bits per heavy atom. The predicted molar refractivity (Wildman–Crippen MR) is 65.4 cm³/mol. The van der Waals surface area contributed by atoms with Crippen LogP contribution in [0.25, 0.3) is 0 Å². The standard InChI is InChI=1S/C11H16N2O2Si/c1-14-10-8-11(15-2)13-9(12-10)6-7-16(3,4)5/h8H,1-5H3. The molecule has 1 rings (SSSR count). The Morgan fingerprint density at radius 2 is 1.56 bits per heavy atom. The summed E-state index contributed by atoms with van der Waals surface area (Å²) in [6, 6.07) is 1.62. The van der Waals surface area contributed by atoms with E-state index in [0.29, 0.717) is 17.6 Å². The van der Waals surface area contributed by atoms with E-state index < -0.39 is 8.07 Å². The second-order valence-electron chi connectivity index (χ2n) is 4.28. The molecule has 86 valence electrons. The molecule has 0 aliphatic carbocycles. The summed E-state index contributed by atoms with van der Waals surface area (Å²) in [5, 5.41) is 0. The third-order valence-corrected chi connectivity index (χ3v) is 2.52. The van der Waals surface area contributed by atoms with Gasteiger partial charge in [-0.3, -0.25) is 0 Å². The molecule has 0 fully saturated rings. The van der Waals surface area contributed by atoms with Gasteiger partial charge in [-0.1, -0.05) is 19.6 Å². The highest BCUT2D eigenvalue weighted by Crippen LogP contribution is 2.14. The third kappa shape index (κ3) is 3.91. The molecule has 0 aliphatic heterocycles. The van der Waals surface area contributed by atoms with Crippen molar-refractivity contribution >= 4 is 8.07 Å². The molecule has 0 atom stereocenters. The topological polar surface area (TPSA) is 44.2 Å². The average Bonchev–Trinajstić information content (AvgIpc) is 2.25. The Morgan fingerprint density at radius 3 is 1.94 bits per heavy atom. The zero-order valence-electron chi connectivity index (χ0n) is 10.3. The Kier molecular flexibility index (Phi) is 3.91. The molecule has 0 spiro atoms. The molecular weight excluding hydrogens is 220 g/mol. The van der Waals surface area contributed by atoms with Crippen LogP contribution in [0.3, 0.4) is 0 Å². The fourth-order valence-electron chi connectivity index (χ4n) is 0.912. The number of rotatable bonds is 2. The smallest absolute Gasteiger partial charge is 0.221 e. The van der Waals surface area contributed by atoms with Crippen molar-refractivity contribution in [1.82, 2.24) is 9.97 Å². The number of hydrogen-bond acceptors (Lipinski definition) is 4. The molecule has 1 aromatic rings. The van der Waals surface area contributed by atoms with Gasteiger partial charge in [0.2, 0.25) is 17.6 Å². The number of methoxy groups -OCH3 is 2. The van der Waals surface area contributed by atoms with Gasteiger partial charge in [0.25, 0.3) is 0 Å². The van der Waals surface area contributed by atoms with Crippen molar-refractivity contribution in [3.05, 3.63) is 11.9 Å². The van der Waals surface area contributed by atoms with E-state index in [1.165, 1.54) is 0 Å². The summed E-state index contributed by atoms with van der Waals surface area (Å²) in [6.45, 7) is 6.49. The van der Waals surface area contributed by atoms with Gasteiger partial charge >= 0.3 is 0 Å². The normalized spacial score (nSPS) is 10.3. The lowest BCUT2D eigenvalue weighted by atomic mass is 10.5. The lowest BCUT2D eigenvalue weighted by Gasteiger charge is -2.04. The molecule has 0 radical (unpaired) electrons. The molecule has 16 heavy (non-hydrogen) atoms. The fourth-order valence-corrected chi connectivity index (χ4v) is 1.40. The van der Waals surface area contributed by atoms with Crippen molar-refractivity contribution in [2.75, 3.05) is 14.2 Å². The highest BCUT2D eigenvalue weighted by Gasteiger charge is 2.08. The summed E-state index contributed by atoms with van der Waals surface area (Å²) >= 11 is 0. The zero-order valence-corrected chi connectivity index (χ0v) is 11.3. The van der Waals surface area contributed by atoms with Crippen molar-refractivity contribution in [3.8, 4) is 23.2 Å². The van der Waals surface area contributed by atoms with E-state index in [1.807, 2.05) is 0 Å².